The molecule has 0 radical (unpaired) electrons. The number of aromatic nitrogens is 2. The van der Waals surface area contributed by atoms with Crippen LogP contribution in [0.15, 0.2) is 54.6 Å². The highest BCUT2D eigenvalue weighted by Gasteiger charge is 2.15. The van der Waals surface area contributed by atoms with Crippen molar-refractivity contribution in [2.75, 3.05) is 37.5 Å². The van der Waals surface area contributed by atoms with Crippen LogP contribution < -0.4 is 19.7 Å². The van der Waals surface area contributed by atoms with Gasteiger partial charge < -0.3 is 19.7 Å². The zero-order valence-corrected chi connectivity index (χ0v) is 17.1. The molecule has 1 N–H and O–H groups in total. The average molecular weight is 404 g/mol. The monoisotopic (exact) mass is 404 g/mol. The minimum Gasteiger partial charge on any atom is -0.497 e. The molecule has 7 nitrogen and oxygen atoms in total. The highest BCUT2D eigenvalue weighted by atomic mass is 16.5. The zero-order chi connectivity index (χ0) is 20.9. The van der Waals surface area contributed by atoms with E-state index in [4.69, 9.17) is 9.47 Å². The van der Waals surface area contributed by atoms with Gasteiger partial charge in [-0.1, -0.05) is 12.1 Å². The van der Waals surface area contributed by atoms with E-state index in [1.54, 1.807) is 25.3 Å². The van der Waals surface area contributed by atoms with Gasteiger partial charge in [0.05, 0.1) is 25.5 Å². The molecule has 7 heteroatoms. The van der Waals surface area contributed by atoms with Gasteiger partial charge in [0.15, 0.2) is 5.82 Å². The Hall–Kier alpha value is -3.61. The maximum absolute atomic E-state index is 12.7. The highest BCUT2D eigenvalue weighted by Crippen LogP contribution is 2.26. The molecule has 1 fully saturated rings. The van der Waals surface area contributed by atoms with Gasteiger partial charge in [-0.3, -0.25) is 4.79 Å². The van der Waals surface area contributed by atoms with E-state index in [0.29, 0.717) is 22.7 Å². The van der Waals surface area contributed by atoms with Gasteiger partial charge in [-0.05, 0) is 55.3 Å². The second-order valence-corrected chi connectivity index (χ2v) is 7.07. The van der Waals surface area contributed by atoms with E-state index in [0.717, 1.165) is 30.2 Å². The summed E-state index contributed by atoms with van der Waals surface area (Å²) < 4.78 is 10.5. The van der Waals surface area contributed by atoms with Crippen LogP contribution in [0.1, 0.15) is 23.2 Å². The molecule has 1 saturated heterocycles. The Kier molecular flexibility index (Phi) is 5.79. The minimum atomic E-state index is -0.270. The van der Waals surface area contributed by atoms with Gasteiger partial charge >= 0.3 is 0 Å². The number of nitrogens with one attached hydrogen (secondary N) is 1. The van der Waals surface area contributed by atoms with Crippen molar-refractivity contribution in [2.45, 2.75) is 12.8 Å². The van der Waals surface area contributed by atoms with Gasteiger partial charge in [-0.25, -0.2) is 0 Å². The van der Waals surface area contributed by atoms with Gasteiger partial charge in [-0.15, -0.1) is 10.2 Å². The topological polar surface area (TPSA) is 76.6 Å². The van der Waals surface area contributed by atoms with Crippen LogP contribution in [0.2, 0.25) is 0 Å². The summed E-state index contributed by atoms with van der Waals surface area (Å²) in [5, 5.41) is 11.6. The Balaban J connectivity index is 1.47. The molecule has 3 aromatic rings. The molecule has 0 unspecified atom stereocenters. The smallest absolute Gasteiger partial charge is 0.259 e. The summed E-state index contributed by atoms with van der Waals surface area (Å²) in [7, 11) is 3.09. The molecule has 2 heterocycles. The number of anilines is 2. The van der Waals surface area contributed by atoms with E-state index in [9.17, 15) is 4.79 Å². The van der Waals surface area contributed by atoms with Crippen LogP contribution in [0.5, 0.6) is 11.5 Å². The summed E-state index contributed by atoms with van der Waals surface area (Å²) in [5.41, 5.74) is 2.82. The third-order valence-corrected chi connectivity index (χ3v) is 5.17. The van der Waals surface area contributed by atoms with Gasteiger partial charge in [0.25, 0.3) is 5.91 Å². The first-order valence-corrected chi connectivity index (χ1v) is 9.90. The molecular weight excluding hydrogens is 380 g/mol. The normalized spacial score (nSPS) is 13.2. The lowest BCUT2D eigenvalue weighted by atomic mass is 10.1. The molecule has 2 aromatic carbocycles. The fraction of sp³-hybridized carbons (Fsp3) is 0.261. The summed E-state index contributed by atoms with van der Waals surface area (Å²) in [6, 6.07) is 16.6. The van der Waals surface area contributed by atoms with E-state index in [1.165, 1.54) is 20.0 Å². The molecule has 30 heavy (non-hydrogen) atoms. The van der Waals surface area contributed by atoms with Crippen LogP contribution >= 0.6 is 0 Å². The summed E-state index contributed by atoms with van der Waals surface area (Å²) >= 11 is 0. The predicted octanol–water partition coefficient (Wildman–Crippen LogP) is 4.01. The summed E-state index contributed by atoms with van der Waals surface area (Å²) in [6.45, 7) is 2.08. The van der Waals surface area contributed by atoms with E-state index in [2.05, 4.69) is 20.4 Å². The van der Waals surface area contributed by atoms with Crippen LogP contribution in [0.25, 0.3) is 11.3 Å². The number of rotatable bonds is 6. The molecule has 0 spiro atoms. The van der Waals surface area contributed by atoms with Crippen LogP contribution in [-0.4, -0.2) is 43.4 Å². The fourth-order valence-electron chi connectivity index (χ4n) is 3.51. The van der Waals surface area contributed by atoms with Gasteiger partial charge in [-0.2, -0.15) is 0 Å². The van der Waals surface area contributed by atoms with Crippen molar-refractivity contribution >= 4 is 17.4 Å². The SMILES string of the molecule is COc1ccc(OC)c(C(=O)Nc2ccc(-c3ccc(N4CCCC4)nn3)cc2)c1. The Morgan fingerprint density at radius 1 is 0.933 bits per heavy atom. The number of carbonyl (C=O) groups excluding carboxylic acids is 1. The number of nitrogens with zero attached hydrogens (tertiary/aromatic N) is 3. The van der Waals surface area contributed by atoms with Crippen LogP contribution in [0, 0.1) is 0 Å². The van der Waals surface area contributed by atoms with Crippen molar-refractivity contribution in [3.05, 3.63) is 60.2 Å². The Morgan fingerprint density at radius 2 is 1.70 bits per heavy atom. The zero-order valence-electron chi connectivity index (χ0n) is 17.1. The standard InChI is InChI=1S/C23H24N4O3/c1-29-18-9-11-21(30-2)19(15-18)23(28)24-17-7-5-16(6-8-17)20-10-12-22(26-25-20)27-13-3-4-14-27/h5-12,15H,3-4,13-14H2,1-2H3,(H,24,28). The molecular formula is C23H24N4O3. The third-order valence-electron chi connectivity index (χ3n) is 5.17. The summed E-state index contributed by atoms with van der Waals surface area (Å²) in [4.78, 5) is 15.0. The molecule has 1 amide bonds. The van der Waals surface area contributed by atoms with Gasteiger partial charge in [0.2, 0.25) is 0 Å². The number of amides is 1. The number of hydrogen-bond donors (Lipinski definition) is 1. The Bertz CT molecular complexity index is 1010. The molecule has 0 aliphatic carbocycles. The molecule has 154 valence electrons. The molecule has 1 aliphatic heterocycles. The van der Waals surface area contributed by atoms with Crippen molar-refractivity contribution in [2.24, 2.45) is 0 Å². The first-order valence-electron chi connectivity index (χ1n) is 9.90. The number of hydrogen-bond acceptors (Lipinski definition) is 6. The second-order valence-electron chi connectivity index (χ2n) is 7.07. The van der Waals surface area contributed by atoms with Crippen LogP contribution in [-0.2, 0) is 0 Å². The molecule has 1 aliphatic rings. The average Bonchev–Trinajstić information content (AvgIpc) is 3.34. The largest absolute Gasteiger partial charge is 0.497 e. The molecule has 1 aromatic heterocycles. The predicted molar refractivity (Wildman–Crippen MR) is 116 cm³/mol. The highest BCUT2D eigenvalue weighted by molar-refractivity contribution is 6.06. The summed E-state index contributed by atoms with van der Waals surface area (Å²) in [5.74, 6) is 1.73. The lowest BCUT2D eigenvalue weighted by molar-refractivity contribution is 0.102. The van der Waals surface area contributed by atoms with Crippen molar-refractivity contribution in [1.82, 2.24) is 10.2 Å². The lowest BCUT2D eigenvalue weighted by Crippen LogP contribution is -2.19. The number of benzene rings is 2. The molecule has 4 rings (SSSR count). The molecule has 0 atom stereocenters. The van der Waals surface area contributed by atoms with E-state index >= 15 is 0 Å². The maximum atomic E-state index is 12.7. The van der Waals surface area contributed by atoms with Crippen LogP contribution in [0.3, 0.4) is 0 Å². The Labute approximate surface area is 175 Å². The first-order chi connectivity index (χ1) is 14.7. The van der Waals surface area contributed by atoms with E-state index in [1.807, 2.05) is 36.4 Å². The minimum absolute atomic E-state index is 0.270. The molecule has 0 bridgehead atoms. The fourth-order valence-corrected chi connectivity index (χ4v) is 3.51. The lowest BCUT2D eigenvalue weighted by Gasteiger charge is -2.15. The van der Waals surface area contributed by atoms with Crippen molar-refractivity contribution in [3.63, 3.8) is 0 Å². The Morgan fingerprint density at radius 3 is 2.33 bits per heavy atom. The maximum Gasteiger partial charge on any atom is 0.259 e. The number of methoxy groups -OCH3 is 2. The van der Waals surface area contributed by atoms with E-state index < -0.39 is 0 Å². The van der Waals surface area contributed by atoms with Gasteiger partial charge in [0.1, 0.15) is 11.5 Å². The number of ether oxygens (including phenoxy) is 2. The van der Waals surface area contributed by atoms with Crippen molar-refractivity contribution < 1.29 is 14.3 Å². The quantitative estimate of drug-likeness (QED) is 0.669. The van der Waals surface area contributed by atoms with Gasteiger partial charge in [0, 0.05) is 24.3 Å². The summed E-state index contributed by atoms with van der Waals surface area (Å²) in [6.07, 6.45) is 2.41. The number of carbonyl (C=O) groups is 1. The van der Waals surface area contributed by atoms with Crippen molar-refractivity contribution in [3.8, 4) is 22.8 Å². The molecule has 0 saturated carbocycles. The van der Waals surface area contributed by atoms with Crippen LogP contribution in [0.4, 0.5) is 11.5 Å². The van der Waals surface area contributed by atoms with E-state index in [-0.39, 0.29) is 5.91 Å². The third kappa shape index (κ3) is 4.20. The van der Waals surface area contributed by atoms with Crippen molar-refractivity contribution in [1.29, 1.82) is 0 Å². The second kappa shape index (κ2) is 8.82. The first kappa shape index (κ1) is 19.7.